The van der Waals surface area contributed by atoms with Crippen LogP contribution in [-0.4, -0.2) is 52.0 Å². The maximum Gasteiger partial charge on any atom is 0.251 e. The average molecular weight is 437 g/mol. The Labute approximate surface area is 175 Å². The van der Waals surface area contributed by atoms with E-state index < -0.39 is 26.6 Å². The Morgan fingerprint density at radius 3 is 2.47 bits per heavy atom. The average Bonchev–Trinajstić information content (AvgIpc) is 2.78. The summed E-state index contributed by atoms with van der Waals surface area (Å²) in [5.41, 5.74) is 0.963. The van der Waals surface area contributed by atoms with Gasteiger partial charge in [-0.05, 0) is 42.3 Å². The number of hydrogen-bond donors (Lipinski definition) is 1. The van der Waals surface area contributed by atoms with Crippen molar-refractivity contribution in [1.29, 1.82) is 0 Å². The lowest BCUT2D eigenvalue weighted by Crippen LogP contribution is -2.41. The van der Waals surface area contributed by atoms with Crippen molar-refractivity contribution in [2.75, 3.05) is 33.4 Å². The molecule has 0 saturated carbocycles. The monoisotopic (exact) mass is 436 g/mol. The van der Waals surface area contributed by atoms with Gasteiger partial charge in [0.1, 0.15) is 16.5 Å². The number of hydrogen-bond acceptors (Lipinski definition) is 5. The van der Waals surface area contributed by atoms with E-state index in [4.69, 9.17) is 9.47 Å². The largest absolute Gasteiger partial charge is 0.497 e. The summed E-state index contributed by atoms with van der Waals surface area (Å²) in [5, 5.41) is 2.88. The number of ether oxygens (including phenoxy) is 2. The van der Waals surface area contributed by atoms with Crippen molar-refractivity contribution < 1.29 is 27.1 Å². The summed E-state index contributed by atoms with van der Waals surface area (Å²) in [4.78, 5) is 12.3. The van der Waals surface area contributed by atoms with Gasteiger partial charge in [-0.25, -0.2) is 12.8 Å². The molecule has 1 unspecified atom stereocenters. The number of methoxy groups -OCH3 is 1. The van der Waals surface area contributed by atoms with E-state index >= 15 is 0 Å². The van der Waals surface area contributed by atoms with Gasteiger partial charge in [-0.2, -0.15) is 4.31 Å². The summed E-state index contributed by atoms with van der Waals surface area (Å²) in [5.74, 6) is -0.659. The molecule has 0 radical (unpaired) electrons. The van der Waals surface area contributed by atoms with E-state index in [2.05, 4.69) is 5.32 Å². The minimum absolute atomic E-state index is 0.0789. The standard InChI is InChI=1S/C21H25FN2O5S/c1-3-19(15-4-7-17(28-2)8-5-15)23-21(25)16-6-9-18(22)20(14-16)30(26,27)24-10-12-29-13-11-24/h4-9,14,19H,3,10-13H2,1-2H3,(H,23,25). The van der Waals surface area contributed by atoms with E-state index in [0.29, 0.717) is 12.2 Å². The number of halogens is 1. The zero-order valence-corrected chi connectivity index (χ0v) is 17.7. The number of nitrogens with one attached hydrogen (secondary N) is 1. The molecule has 9 heteroatoms. The first-order chi connectivity index (χ1) is 14.4. The maximum atomic E-state index is 14.4. The highest BCUT2D eigenvalue weighted by molar-refractivity contribution is 7.89. The third-order valence-corrected chi connectivity index (χ3v) is 6.93. The van der Waals surface area contributed by atoms with Crippen LogP contribution < -0.4 is 10.1 Å². The minimum atomic E-state index is -4.06. The fourth-order valence-electron chi connectivity index (χ4n) is 3.27. The maximum absolute atomic E-state index is 14.4. The number of sulfonamides is 1. The second-order valence-corrected chi connectivity index (χ2v) is 8.78. The van der Waals surface area contributed by atoms with E-state index in [1.807, 2.05) is 19.1 Å². The van der Waals surface area contributed by atoms with Crippen LogP contribution >= 0.6 is 0 Å². The first-order valence-corrected chi connectivity index (χ1v) is 11.1. The summed E-state index contributed by atoms with van der Waals surface area (Å²) in [6, 6.07) is 10.4. The van der Waals surface area contributed by atoms with E-state index in [9.17, 15) is 17.6 Å². The fourth-order valence-corrected chi connectivity index (χ4v) is 4.77. The van der Waals surface area contributed by atoms with Crippen LogP contribution in [0, 0.1) is 5.82 Å². The van der Waals surface area contributed by atoms with Crippen LogP contribution in [0.25, 0.3) is 0 Å². The van der Waals surface area contributed by atoms with Crippen molar-refractivity contribution in [3.63, 3.8) is 0 Å². The molecule has 162 valence electrons. The lowest BCUT2D eigenvalue weighted by Gasteiger charge is -2.26. The van der Waals surface area contributed by atoms with E-state index in [1.54, 1.807) is 19.2 Å². The van der Waals surface area contributed by atoms with Crippen molar-refractivity contribution in [3.8, 4) is 5.75 Å². The van der Waals surface area contributed by atoms with Crippen molar-refractivity contribution in [3.05, 3.63) is 59.4 Å². The van der Waals surface area contributed by atoms with Crippen LogP contribution in [-0.2, 0) is 14.8 Å². The summed E-state index contributed by atoms with van der Waals surface area (Å²) in [7, 11) is -2.48. The van der Waals surface area contributed by atoms with Gasteiger partial charge < -0.3 is 14.8 Å². The molecular weight excluding hydrogens is 411 g/mol. The highest BCUT2D eigenvalue weighted by Gasteiger charge is 2.30. The van der Waals surface area contributed by atoms with E-state index in [-0.39, 0.29) is 37.9 Å². The molecule has 0 aromatic heterocycles. The normalized spacial score (nSPS) is 16.1. The summed E-state index contributed by atoms with van der Waals surface area (Å²) >= 11 is 0. The van der Waals surface area contributed by atoms with Gasteiger partial charge in [0.2, 0.25) is 10.0 Å². The topological polar surface area (TPSA) is 84.9 Å². The first kappa shape index (κ1) is 22.2. The van der Waals surface area contributed by atoms with Crippen LogP contribution in [0.5, 0.6) is 5.75 Å². The quantitative estimate of drug-likeness (QED) is 0.722. The number of amides is 1. The number of nitrogens with zero attached hydrogens (tertiary/aromatic N) is 1. The molecule has 0 bridgehead atoms. The molecular formula is C21H25FN2O5S. The van der Waals surface area contributed by atoms with E-state index in [0.717, 1.165) is 17.7 Å². The van der Waals surface area contributed by atoms with Gasteiger partial charge in [-0.3, -0.25) is 4.79 Å². The molecule has 2 aromatic rings. The zero-order chi connectivity index (χ0) is 21.7. The van der Waals surface area contributed by atoms with Crippen LogP contribution in [0.4, 0.5) is 4.39 Å². The minimum Gasteiger partial charge on any atom is -0.497 e. The summed E-state index contributed by atoms with van der Waals surface area (Å²) in [6.45, 7) is 2.72. The summed E-state index contributed by atoms with van der Waals surface area (Å²) < 4.78 is 51.5. The van der Waals surface area contributed by atoms with Crippen molar-refractivity contribution >= 4 is 15.9 Å². The molecule has 3 rings (SSSR count). The Morgan fingerprint density at radius 2 is 1.87 bits per heavy atom. The van der Waals surface area contributed by atoms with Gasteiger partial charge in [0.05, 0.1) is 26.4 Å². The van der Waals surface area contributed by atoms with Gasteiger partial charge in [-0.15, -0.1) is 0 Å². The molecule has 1 N–H and O–H groups in total. The smallest absolute Gasteiger partial charge is 0.251 e. The molecule has 1 amide bonds. The highest BCUT2D eigenvalue weighted by Crippen LogP contribution is 2.24. The second-order valence-electron chi connectivity index (χ2n) is 6.87. The zero-order valence-electron chi connectivity index (χ0n) is 16.9. The molecule has 2 aromatic carbocycles. The van der Waals surface area contributed by atoms with Gasteiger partial charge in [0, 0.05) is 18.7 Å². The lowest BCUT2D eigenvalue weighted by atomic mass is 10.0. The van der Waals surface area contributed by atoms with Gasteiger partial charge in [-0.1, -0.05) is 19.1 Å². The predicted octanol–water partition coefficient (Wildman–Crippen LogP) is 2.74. The third kappa shape index (κ3) is 4.80. The predicted molar refractivity (Wildman–Crippen MR) is 109 cm³/mol. The Bertz CT molecular complexity index is 989. The molecule has 30 heavy (non-hydrogen) atoms. The molecule has 1 aliphatic rings. The number of morpholine rings is 1. The molecule has 0 aliphatic carbocycles. The number of carbonyl (C=O) groups is 1. The van der Waals surface area contributed by atoms with Gasteiger partial charge >= 0.3 is 0 Å². The van der Waals surface area contributed by atoms with Crippen molar-refractivity contribution in [2.24, 2.45) is 0 Å². The second kappa shape index (κ2) is 9.55. The number of benzene rings is 2. The van der Waals surface area contributed by atoms with Crippen LogP contribution in [0.2, 0.25) is 0 Å². The third-order valence-electron chi connectivity index (χ3n) is 5.01. The Kier molecular flexibility index (Phi) is 7.06. The molecule has 1 heterocycles. The Hall–Kier alpha value is -2.49. The van der Waals surface area contributed by atoms with Crippen molar-refractivity contribution in [2.45, 2.75) is 24.3 Å². The van der Waals surface area contributed by atoms with Crippen LogP contribution in [0.1, 0.15) is 35.3 Å². The number of rotatable bonds is 7. The lowest BCUT2D eigenvalue weighted by molar-refractivity contribution is 0.0729. The first-order valence-electron chi connectivity index (χ1n) is 9.69. The van der Waals surface area contributed by atoms with Gasteiger partial charge in [0.25, 0.3) is 5.91 Å². The fraction of sp³-hybridized carbons (Fsp3) is 0.381. The number of carbonyl (C=O) groups excluding carboxylic acids is 1. The van der Waals surface area contributed by atoms with E-state index in [1.165, 1.54) is 10.4 Å². The molecule has 0 spiro atoms. The Morgan fingerprint density at radius 1 is 1.20 bits per heavy atom. The molecule has 1 atom stereocenters. The molecule has 1 saturated heterocycles. The Balaban J connectivity index is 1.82. The SMILES string of the molecule is CCC(NC(=O)c1ccc(F)c(S(=O)(=O)N2CCOCC2)c1)c1ccc(OC)cc1. The van der Waals surface area contributed by atoms with Crippen molar-refractivity contribution in [1.82, 2.24) is 9.62 Å². The van der Waals surface area contributed by atoms with Crippen LogP contribution in [0.15, 0.2) is 47.4 Å². The van der Waals surface area contributed by atoms with Gasteiger partial charge in [0.15, 0.2) is 0 Å². The van der Waals surface area contributed by atoms with Crippen LogP contribution in [0.3, 0.4) is 0 Å². The summed E-state index contributed by atoms with van der Waals surface area (Å²) in [6.07, 6.45) is 0.623. The molecule has 1 aliphatic heterocycles. The highest BCUT2D eigenvalue weighted by atomic mass is 32.2. The molecule has 7 nitrogen and oxygen atoms in total. The molecule has 1 fully saturated rings.